The zero-order chi connectivity index (χ0) is 22.7. The van der Waals surface area contributed by atoms with Gasteiger partial charge >= 0.3 is 0 Å². The van der Waals surface area contributed by atoms with Gasteiger partial charge in [-0.15, -0.1) is 0 Å². The lowest BCUT2D eigenvalue weighted by Gasteiger charge is -2.32. The van der Waals surface area contributed by atoms with Crippen molar-refractivity contribution in [2.45, 2.75) is 43.5 Å². The van der Waals surface area contributed by atoms with Crippen molar-refractivity contribution in [2.75, 3.05) is 25.5 Å². The van der Waals surface area contributed by atoms with Crippen LogP contribution in [-0.2, 0) is 32.6 Å². The van der Waals surface area contributed by atoms with Crippen molar-refractivity contribution >= 4 is 27.5 Å². The van der Waals surface area contributed by atoms with E-state index in [2.05, 4.69) is 5.32 Å². The fourth-order valence-electron chi connectivity index (χ4n) is 4.45. The summed E-state index contributed by atoms with van der Waals surface area (Å²) in [5.41, 5.74) is 2.62. The van der Waals surface area contributed by atoms with Crippen LogP contribution in [0.25, 0.3) is 0 Å². The molecule has 0 aliphatic carbocycles. The molecule has 2 heterocycles. The quantitative estimate of drug-likeness (QED) is 0.751. The molecule has 2 aromatic rings. The number of fused-ring (bicyclic) bond motifs is 1. The Morgan fingerprint density at radius 2 is 1.81 bits per heavy atom. The number of hydrogen-bond donors (Lipinski definition) is 1. The number of rotatable bonds is 5. The molecule has 0 radical (unpaired) electrons. The number of hydrogen-bond acceptors (Lipinski definition) is 4. The number of piperidine rings is 1. The van der Waals surface area contributed by atoms with Crippen LogP contribution in [0.1, 0.15) is 36.8 Å². The average molecular weight is 456 g/mol. The first-order valence-electron chi connectivity index (χ1n) is 11.1. The Hall–Kier alpha value is -2.71. The molecule has 4 rings (SSSR count). The Labute approximate surface area is 189 Å². The van der Waals surface area contributed by atoms with Crippen molar-refractivity contribution < 1.29 is 18.0 Å². The zero-order valence-corrected chi connectivity index (χ0v) is 19.1. The van der Waals surface area contributed by atoms with Crippen molar-refractivity contribution in [1.82, 2.24) is 9.21 Å². The van der Waals surface area contributed by atoms with E-state index in [1.807, 2.05) is 30.3 Å². The first kappa shape index (κ1) is 22.5. The van der Waals surface area contributed by atoms with Crippen LogP contribution in [0.2, 0.25) is 0 Å². The molecule has 0 atom stereocenters. The standard InChI is InChI=1S/C24H29N3O4S/c1-26(17-18-6-3-2-4-7-18)24(29)19-12-14-27(15-13-19)32(30,31)21-10-11-22-20(16-21)8-5-9-23(28)25-22/h2-4,6-7,10-11,16,19H,5,8-9,12-15,17H2,1H3,(H,25,28). The molecule has 32 heavy (non-hydrogen) atoms. The highest BCUT2D eigenvalue weighted by Crippen LogP contribution is 2.29. The van der Waals surface area contributed by atoms with Crippen LogP contribution in [0.3, 0.4) is 0 Å². The Morgan fingerprint density at radius 3 is 2.53 bits per heavy atom. The third-order valence-corrected chi connectivity index (χ3v) is 8.18. The highest BCUT2D eigenvalue weighted by Gasteiger charge is 2.33. The maximum absolute atomic E-state index is 13.2. The van der Waals surface area contributed by atoms with E-state index < -0.39 is 10.0 Å². The van der Waals surface area contributed by atoms with Gasteiger partial charge in [0.25, 0.3) is 0 Å². The molecule has 0 saturated carbocycles. The van der Waals surface area contributed by atoms with Crippen LogP contribution in [0.4, 0.5) is 5.69 Å². The van der Waals surface area contributed by atoms with Gasteiger partial charge in [0.1, 0.15) is 0 Å². The van der Waals surface area contributed by atoms with Crippen LogP contribution in [-0.4, -0.2) is 49.6 Å². The van der Waals surface area contributed by atoms with Crippen molar-refractivity contribution in [3.05, 3.63) is 59.7 Å². The van der Waals surface area contributed by atoms with Gasteiger partial charge in [0.15, 0.2) is 0 Å². The number of sulfonamides is 1. The molecule has 0 spiro atoms. The zero-order valence-electron chi connectivity index (χ0n) is 18.3. The first-order valence-corrected chi connectivity index (χ1v) is 12.5. The van der Waals surface area contributed by atoms with Crippen LogP contribution in [0.5, 0.6) is 0 Å². The van der Waals surface area contributed by atoms with Gasteiger partial charge in [0, 0.05) is 44.7 Å². The third-order valence-electron chi connectivity index (χ3n) is 6.28. The fraction of sp³-hybridized carbons (Fsp3) is 0.417. The fourth-order valence-corrected chi connectivity index (χ4v) is 5.97. The smallest absolute Gasteiger partial charge is 0.243 e. The van der Waals surface area contributed by atoms with Gasteiger partial charge in [-0.05, 0) is 55.0 Å². The highest BCUT2D eigenvalue weighted by molar-refractivity contribution is 7.89. The number of nitrogens with one attached hydrogen (secondary N) is 1. The topological polar surface area (TPSA) is 86.8 Å². The molecule has 7 nitrogen and oxygen atoms in total. The average Bonchev–Trinajstić information content (AvgIpc) is 2.99. The molecule has 2 aliphatic heterocycles. The second-order valence-corrected chi connectivity index (χ2v) is 10.5. The van der Waals surface area contributed by atoms with Crippen molar-refractivity contribution in [3.63, 3.8) is 0 Å². The van der Waals surface area contributed by atoms with Crippen LogP contribution in [0, 0.1) is 5.92 Å². The maximum Gasteiger partial charge on any atom is 0.243 e. The molecule has 1 fully saturated rings. The van der Waals surface area contributed by atoms with Crippen LogP contribution >= 0.6 is 0 Å². The second kappa shape index (κ2) is 9.42. The number of carbonyl (C=O) groups excluding carboxylic acids is 2. The largest absolute Gasteiger partial charge is 0.341 e. The minimum absolute atomic E-state index is 0.0386. The molecule has 2 aromatic carbocycles. The molecule has 0 bridgehead atoms. The number of carbonyl (C=O) groups is 2. The number of amides is 2. The van der Waals surface area contributed by atoms with E-state index >= 15 is 0 Å². The number of benzene rings is 2. The van der Waals surface area contributed by atoms with E-state index in [0.29, 0.717) is 57.4 Å². The van der Waals surface area contributed by atoms with Crippen molar-refractivity contribution in [2.24, 2.45) is 5.92 Å². The highest BCUT2D eigenvalue weighted by atomic mass is 32.2. The summed E-state index contributed by atoms with van der Waals surface area (Å²) < 4.78 is 27.9. The summed E-state index contributed by atoms with van der Waals surface area (Å²) >= 11 is 0. The molecule has 2 aliphatic rings. The van der Waals surface area contributed by atoms with Crippen molar-refractivity contribution in [3.8, 4) is 0 Å². The Morgan fingerprint density at radius 1 is 1.09 bits per heavy atom. The first-order chi connectivity index (χ1) is 15.3. The monoisotopic (exact) mass is 455 g/mol. The number of anilines is 1. The van der Waals surface area contributed by atoms with Crippen molar-refractivity contribution in [1.29, 1.82) is 0 Å². The van der Waals surface area contributed by atoms with Gasteiger partial charge in [-0.1, -0.05) is 30.3 Å². The normalized spacial score (nSPS) is 17.8. The van der Waals surface area contributed by atoms with Gasteiger partial charge < -0.3 is 10.2 Å². The molecular weight excluding hydrogens is 426 g/mol. The van der Waals surface area contributed by atoms with E-state index in [0.717, 1.165) is 11.1 Å². The van der Waals surface area contributed by atoms with Crippen LogP contribution < -0.4 is 5.32 Å². The molecule has 1 N–H and O–H groups in total. The molecule has 1 saturated heterocycles. The summed E-state index contributed by atoms with van der Waals surface area (Å²) in [6.45, 7) is 1.20. The Kier molecular flexibility index (Phi) is 6.62. The summed E-state index contributed by atoms with van der Waals surface area (Å²) in [5.74, 6) is -0.146. The van der Waals surface area contributed by atoms with Gasteiger partial charge in [0.2, 0.25) is 21.8 Å². The predicted molar refractivity (Wildman–Crippen MR) is 122 cm³/mol. The SMILES string of the molecule is CN(Cc1ccccc1)C(=O)C1CCN(S(=O)(=O)c2ccc3c(c2)CCCC(=O)N3)CC1. The molecule has 8 heteroatoms. The van der Waals surface area contributed by atoms with E-state index in [1.165, 1.54) is 4.31 Å². The lowest BCUT2D eigenvalue weighted by molar-refractivity contribution is -0.136. The molecule has 0 aromatic heterocycles. The number of nitrogens with zero attached hydrogens (tertiary/aromatic N) is 2. The van der Waals surface area contributed by atoms with E-state index in [9.17, 15) is 18.0 Å². The summed E-state index contributed by atoms with van der Waals surface area (Å²) in [5, 5.41) is 2.84. The summed E-state index contributed by atoms with van der Waals surface area (Å²) in [6.07, 6.45) is 2.83. The second-order valence-electron chi connectivity index (χ2n) is 8.58. The predicted octanol–water partition coefficient (Wildman–Crippen LogP) is 3.02. The lowest BCUT2D eigenvalue weighted by Crippen LogP contribution is -2.43. The summed E-state index contributed by atoms with van der Waals surface area (Å²) in [6, 6.07) is 14.8. The molecular formula is C24H29N3O4S. The summed E-state index contributed by atoms with van der Waals surface area (Å²) in [4.78, 5) is 26.6. The van der Waals surface area contributed by atoms with Gasteiger partial charge in [-0.2, -0.15) is 4.31 Å². The van der Waals surface area contributed by atoms with Gasteiger partial charge in [0.05, 0.1) is 4.90 Å². The van der Waals surface area contributed by atoms with Gasteiger partial charge in [-0.25, -0.2) is 8.42 Å². The van der Waals surface area contributed by atoms with E-state index in [-0.39, 0.29) is 22.6 Å². The lowest BCUT2D eigenvalue weighted by atomic mass is 9.96. The summed E-state index contributed by atoms with van der Waals surface area (Å²) in [7, 11) is -1.84. The third kappa shape index (κ3) is 4.86. The minimum atomic E-state index is -3.64. The maximum atomic E-state index is 13.2. The van der Waals surface area contributed by atoms with E-state index in [4.69, 9.17) is 0 Å². The number of aryl methyl sites for hydroxylation is 1. The molecule has 170 valence electrons. The minimum Gasteiger partial charge on any atom is -0.341 e. The van der Waals surface area contributed by atoms with E-state index in [1.54, 1.807) is 30.1 Å². The van der Waals surface area contributed by atoms with Crippen LogP contribution in [0.15, 0.2) is 53.4 Å². The Balaban J connectivity index is 1.39. The molecule has 0 unspecified atom stereocenters. The molecule has 2 amide bonds. The Bertz CT molecular complexity index is 1090. The van der Waals surface area contributed by atoms with Gasteiger partial charge in [-0.3, -0.25) is 9.59 Å².